The monoisotopic (exact) mass is 481 g/mol. The molecule has 1 aliphatic rings. The van der Waals surface area contributed by atoms with Crippen LogP contribution in [0.1, 0.15) is 71.8 Å². The molecule has 0 aromatic heterocycles. The second-order valence-corrected chi connectivity index (χ2v) is 10.9. The summed E-state index contributed by atoms with van der Waals surface area (Å²) in [5, 5.41) is 3.03. The highest BCUT2D eigenvalue weighted by atomic mass is 19.1. The van der Waals surface area contributed by atoms with Gasteiger partial charge in [-0.05, 0) is 114 Å². The topological polar surface area (TPSA) is 58.4 Å². The summed E-state index contributed by atoms with van der Waals surface area (Å²) in [4.78, 5) is 16.0. The van der Waals surface area contributed by atoms with Crippen LogP contribution in [0.5, 0.6) is 0 Å². The lowest BCUT2D eigenvalue weighted by molar-refractivity contribution is -0.122. The average molecular weight is 482 g/mol. The van der Waals surface area contributed by atoms with E-state index >= 15 is 0 Å². The van der Waals surface area contributed by atoms with Gasteiger partial charge in [0.2, 0.25) is 5.91 Å². The quantitative estimate of drug-likeness (QED) is 0.343. The van der Waals surface area contributed by atoms with Gasteiger partial charge in [0.25, 0.3) is 0 Å². The van der Waals surface area contributed by atoms with E-state index in [1.165, 1.54) is 24.1 Å². The lowest BCUT2D eigenvalue weighted by atomic mass is 9.72. The number of nitrogens with one attached hydrogen (secondary N) is 1. The van der Waals surface area contributed by atoms with Crippen molar-refractivity contribution < 1.29 is 9.18 Å². The number of anilines is 2. The van der Waals surface area contributed by atoms with Gasteiger partial charge >= 0.3 is 0 Å². The van der Waals surface area contributed by atoms with Crippen molar-refractivity contribution in [2.75, 3.05) is 17.6 Å². The summed E-state index contributed by atoms with van der Waals surface area (Å²) in [6.45, 7) is 9.76. The fraction of sp³-hybridized carbons (Fsp3) is 0.567. The maximum absolute atomic E-state index is 13.7. The Labute approximate surface area is 211 Å². The molecule has 5 heteroatoms. The minimum atomic E-state index is -0.329. The second kappa shape index (κ2) is 13.1. The van der Waals surface area contributed by atoms with Crippen molar-refractivity contribution in [3.63, 3.8) is 0 Å². The van der Waals surface area contributed by atoms with E-state index in [1.807, 2.05) is 12.1 Å². The Morgan fingerprint density at radius 1 is 1.09 bits per heavy atom. The first-order valence-electron chi connectivity index (χ1n) is 13.4. The van der Waals surface area contributed by atoms with Crippen LogP contribution in [0.25, 0.3) is 0 Å². The van der Waals surface area contributed by atoms with Gasteiger partial charge < -0.3 is 11.1 Å². The number of rotatable bonds is 11. The summed E-state index contributed by atoms with van der Waals surface area (Å²) >= 11 is 0. The summed E-state index contributed by atoms with van der Waals surface area (Å²) in [7, 11) is 0. The molecule has 0 heterocycles. The zero-order chi connectivity index (χ0) is 25.4. The summed E-state index contributed by atoms with van der Waals surface area (Å²) in [6.07, 6.45) is 7.52. The summed E-state index contributed by atoms with van der Waals surface area (Å²) in [5.41, 5.74) is 8.61. The number of halogens is 1. The van der Waals surface area contributed by atoms with Gasteiger partial charge in [-0.3, -0.25) is 9.69 Å². The van der Waals surface area contributed by atoms with Gasteiger partial charge in [0.1, 0.15) is 5.82 Å². The molecule has 3 N–H and O–H groups in total. The van der Waals surface area contributed by atoms with Crippen molar-refractivity contribution in [3.8, 4) is 0 Å². The molecule has 3 unspecified atom stereocenters. The van der Waals surface area contributed by atoms with Gasteiger partial charge in [0.15, 0.2) is 0 Å². The SMILES string of the molecule is CC(C)N(CCC(C(=O)Nc1cccc(F)c1)C1CCCC(CCc2cccc(N)c2)C1)C(C)C. The van der Waals surface area contributed by atoms with E-state index in [-0.39, 0.29) is 17.6 Å². The third kappa shape index (κ3) is 8.34. The van der Waals surface area contributed by atoms with Crippen LogP contribution in [-0.2, 0) is 11.2 Å². The molecule has 3 rings (SSSR count). The standard InChI is InChI=1S/C30H44FN3O/c1-21(2)34(22(3)4)17-16-29(30(35)33-28-13-7-11-26(31)20-28)25-10-5-8-23(18-25)14-15-24-9-6-12-27(32)19-24/h6-7,9,11-13,19-23,25,29H,5,8,10,14-18,32H2,1-4H3,(H,33,35). The van der Waals surface area contributed by atoms with Gasteiger partial charge in [-0.25, -0.2) is 4.39 Å². The highest BCUT2D eigenvalue weighted by molar-refractivity contribution is 5.92. The zero-order valence-electron chi connectivity index (χ0n) is 22.0. The molecule has 1 fully saturated rings. The van der Waals surface area contributed by atoms with Crippen LogP contribution < -0.4 is 11.1 Å². The molecule has 4 nitrogen and oxygen atoms in total. The Morgan fingerprint density at radius 2 is 1.83 bits per heavy atom. The number of benzene rings is 2. The molecule has 35 heavy (non-hydrogen) atoms. The molecule has 1 saturated carbocycles. The van der Waals surface area contributed by atoms with Crippen molar-refractivity contribution >= 4 is 17.3 Å². The first kappa shape index (κ1) is 27.2. The van der Waals surface area contributed by atoms with E-state index in [4.69, 9.17) is 5.73 Å². The molecule has 0 saturated heterocycles. The summed E-state index contributed by atoms with van der Waals surface area (Å²) in [5.74, 6) is 0.595. The van der Waals surface area contributed by atoms with Crippen molar-refractivity contribution in [1.82, 2.24) is 4.90 Å². The van der Waals surface area contributed by atoms with E-state index in [0.29, 0.717) is 29.6 Å². The zero-order valence-corrected chi connectivity index (χ0v) is 22.0. The molecular weight excluding hydrogens is 437 g/mol. The van der Waals surface area contributed by atoms with Crippen LogP contribution in [0.3, 0.4) is 0 Å². The number of carbonyl (C=O) groups excluding carboxylic acids is 1. The van der Waals surface area contributed by atoms with Crippen LogP contribution in [0.4, 0.5) is 15.8 Å². The van der Waals surface area contributed by atoms with Gasteiger partial charge in [0, 0.05) is 29.4 Å². The molecule has 1 aliphatic carbocycles. The number of nitrogens with two attached hydrogens (primary N) is 1. The van der Waals surface area contributed by atoms with Gasteiger partial charge in [-0.2, -0.15) is 0 Å². The fourth-order valence-electron chi connectivity index (χ4n) is 5.86. The number of nitrogens with zero attached hydrogens (tertiary/aromatic N) is 1. The lowest BCUT2D eigenvalue weighted by Crippen LogP contribution is -2.41. The Kier molecular flexibility index (Phi) is 10.1. The predicted octanol–water partition coefficient (Wildman–Crippen LogP) is 6.91. The molecular formula is C30H44FN3O. The Bertz CT molecular complexity index is 937. The third-order valence-corrected chi connectivity index (χ3v) is 7.64. The predicted molar refractivity (Wildman–Crippen MR) is 145 cm³/mol. The summed E-state index contributed by atoms with van der Waals surface area (Å²) in [6, 6.07) is 15.3. The minimum absolute atomic E-state index is 0.0320. The van der Waals surface area contributed by atoms with E-state index in [1.54, 1.807) is 12.1 Å². The lowest BCUT2D eigenvalue weighted by Gasteiger charge is -2.37. The number of nitrogen functional groups attached to an aromatic ring is 1. The van der Waals surface area contributed by atoms with Crippen molar-refractivity contribution in [1.29, 1.82) is 0 Å². The molecule has 2 aromatic rings. The highest BCUT2D eigenvalue weighted by Crippen LogP contribution is 2.38. The third-order valence-electron chi connectivity index (χ3n) is 7.64. The number of hydrogen-bond acceptors (Lipinski definition) is 3. The van der Waals surface area contributed by atoms with Crippen molar-refractivity contribution in [3.05, 3.63) is 59.9 Å². The van der Waals surface area contributed by atoms with E-state index in [9.17, 15) is 9.18 Å². The van der Waals surface area contributed by atoms with Crippen LogP contribution in [-0.4, -0.2) is 29.4 Å². The molecule has 0 spiro atoms. The number of aryl methyl sites for hydroxylation is 1. The molecule has 0 radical (unpaired) electrons. The number of amides is 1. The Hall–Kier alpha value is -2.40. The van der Waals surface area contributed by atoms with Gasteiger partial charge in [0.05, 0.1) is 0 Å². The highest BCUT2D eigenvalue weighted by Gasteiger charge is 2.33. The molecule has 2 aromatic carbocycles. The van der Waals surface area contributed by atoms with Crippen molar-refractivity contribution in [2.24, 2.45) is 17.8 Å². The average Bonchev–Trinajstić information content (AvgIpc) is 2.80. The van der Waals surface area contributed by atoms with Crippen LogP contribution in [0.2, 0.25) is 0 Å². The second-order valence-electron chi connectivity index (χ2n) is 10.9. The molecule has 192 valence electrons. The fourth-order valence-corrected chi connectivity index (χ4v) is 5.86. The minimum Gasteiger partial charge on any atom is -0.399 e. The normalized spacial score (nSPS) is 19.3. The molecule has 0 aliphatic heterocycles. The van der Waals surface area contributed by atoms with Crippen molar-refractivity contribution in [2.45, 2.75) is 84.7 Å². The Balaban J connectivity index is 1.70. The maximum Gasteiger partial charge on any atom is 0.227 e. The van der Waals surface area contributed by atoms with Crippen LogP contribution in [0, 0.1) is 23.6 Å². The van der Waals surface area contributed by atoms with Gasteiger partial charge in [-0.15, -0.1) is 0 Å². The maximum atomic E-state index is 13.7. The molecule has 0 bridgehead atoms. The largest absolute Gasteiger partial charge is 0.399 e. The number of hydrogen-bond donors (Lipinski definition) is 2. The van der Waals surface area contributed by atoms with Crippen LogP contribution in [0.15, 0.2) is 48.5 Å². The first-order chi connectivity index (χ1) is 16.7. The van der Waals surface area contributed by atoms with E-state index in [2.05, 4.69) is 50.0 Å². The Morgan fingerprint density at radius 3 is 2.51 bits per heavy atom. The summed E-state index contributed by atoms with van der Waals surface area (Å²) < 4.78 is 13.7. The van der Waals surface area contributed by atoms with Gasteiger partial charge in [-0.1, -0.05) is 31.0 Å². The van der Waals surface area contributed by atoms with E-state index in [0.717, 1.165) is 50.8 Å². The van der Waals surface area contributed by atoms with Crippen LogP contribution >= 0.6 is 0 Å². The first-order valence-corrected chi connectivity index (χ1v) is 13.4. The smallest absolute Gasteiger partial charge is 0.227 e. The molecule has 1 amide bonds. The van der Waals surface area contributed by atoms with E-state index < -0.39 is 0 Å². The molecule has 3 atom stereocenters. The number of carbonyl (C=O) groups is 1.